The van der Waals surface area contributed by atoms with Crippen LogP contribution in [0, 0.1) is 5.82 Å². The molecule has 1 atom stereocenters. The Hall–Kier alpha value is -3.65. The smallest absolute Gasteiger partial charge is 0.249 e. The molecule has 2 aromatic carbocycles. The second-order valence-electron chi connectivity index (χ2n) is 9.25. The molecule has 36 heavy (non-hydrogen) atoms. The van der Waals surface area contributed by atoms with Crippen molar-refractivity contribution in [1.29, 1.82) is 0 Å². The molecular formula is C28H29FN4O3. The summed E-state index contributed by atoms with van der Waals surface area (Å²) in [5, 5.41) is 0. The maximum atomic E-state index is 13.1. The Morgan fingerprint density at radius 2 is 1.83 bits per heavy atom. The van der Waals surface area contributed by atoms with Gasteiger partial charge in [0.15, 0.2) is 11.6 Å². The van der Waals surface area contributed by atoms with Crippen LogP contribution in [0.1, 0.15) is 40.2 Å². The number of benzene rings is 2. The highest BCUT2D eigenvalue weighted by Gasteiger charge is 2.41. The zero-order valence-corrected chi connectivity index (χ0v) is 20.3. The van der Waals surface area contributed by atoms with E-state index in [1.54, 1.807) is 18.2 Å². The van der Waals surface area contributed by atoms with Gasteiger partial charge in [-0.1, -0.05) is 24.3 Å². The van der Waals surface area contributed by atoms with Crippen LogP contribution in [0.2, 0.25) is 0 Å². The number of ketones is 1. The number of Topliss-reactive ketones (excluding diaryl/α,β-unsaturated/α-hetero) is 1. The van der Waals surface area contributed by atoms with Crippen molar-refractivity contribution in [3.63, 3.8) is 0 Å². The quantitative estimate of drug-likeness (QED) is 0.427. The molecule has 0 radical (unpaired) electrons. The first-order chi connectivity index (χ1) is 17.5. The summed E-state index contributed by atoms with van der Waals surface area (Å²) in [7, 11) is 1.63. The molecule has 8 heteroatoms. The van der Waals surface area contributed by atoms with E-state index in [9.17, 15) is 14.0 Å². The number of hydrogen-bond donors (Lipinski definition) is 0. The Kier molecular flexibility index (Phi) is 7.04. The Bertz CT molecular complexity index is 1250. The molecule has 2 aliphatic rings. The van der Waals surface area contributed by atoms with Gasteiger partial charge in [0.05, 0.1) is 12.8 Å². The molecule has 1 fully saturated rings. The number of halogens is 1. The summed E-state index contributed by atoms with van der Waals surface area (Å²) in [5.41, 5.74) is 3.31. The first kappa shape index (κ1) is 24.1. The lowest BCUT2D eigenvalue weighted by Crippen LogP contribution is -2.52. The molecule has 0 aliphatic carbocycles. The van der Waals surface area contributed by atoms with Crippen molar-refractivity contribution in [3.05, 3.63) is 83.1 Å². The molecule has 7 nitrogen and oxygen atoms in total. The number of aromatic nitrogens is 2. The second kappa shape index (κ2) is 10.5. The average Bonchev–Trinajstić information content (AvgIpc) is 3.39. The van der Waals surface area contributed by atoms with Crippen molar-refractivity contribution in [1.82, 2.24) is 9.97 Å². The number of anilines is 2. The second-order valence-corrected chi connectivity index (χ2v) is 9.25. The summed E-state index contributed by atoms with van der Waals surface area (Å²) in [6, 6.07) is 13.4. The lowest BCUT2D eigenvalue weighted by atomic mass is 10.0. The molecular weight excluding hydrogens is 459 g/mol. The van der Waals surface area contributed by atoms with Gasteiger partial charge >= 0.3 is 0 Å². The van der Waals surface area contributed by atoms with E-state index < -0.39 is 0 Å². The topological polar surface area (TPSA) is 75.6 Å². The van der Waals surface area contributed by atoms with Crippen LogP contribution in [0.5, 0.6) is 0 Å². The minimum atomic E-state index is -0.351. The van der Waals surface area contributed by atoms with Crippen molar-refractivity contribution in [2.45, 2.75) is 38.1 Å². The number of carbonyl (C=O) groups excluding carboxylic acids is 2. The van der Waals surface area contributed by atoms with Crippen LogP contribution < -0.4 is 9.80 Å². The number of fused-ring (bicyclic) bond motifs is 3. The minimum absolute atomic E-state index is 0.0385. The van der Waals surface area contributed by atoms with Gasteiger partial charge in [0.2, 0.25) is 5.91 Å². The largest absolute Gasteiger partial charge is 0.383 e. The maximum Gasteiger partial charge on any atom is 0.249 e. The van der Waals surface area contributed by atoms with Gasteiger partial charge in [-0.3, -0.25) is 9.59 Å². The Morgan fingerprint density at radius 3 is 2.58 bits per heavy atom. The number of ether oxygens (including phenoxy) is 1. The molecule has 3 aromatic rings. The number of hydrogen-bond acceptors (Lipinski definition) is 6. The van der Waals surface area contributed by atoms with Crippen LogP contribution in [0.25, 0.3) is 0 Å². The summed E-state index contributed by atoms with van der Waals surface area (Å²) in [5.74, 6) is 1.30. The first-order valence-corrected chi connectivity index (χ1v) is 12.3. The summed E-state index contributed by atoms with van der Waals surface area (Å²) >= 11 is 0. The third-order valence-corrected chi connectivity index (χ3v) is 6.88. The van der Waals surface area contributed by atoms with Gasteiger partial charge in [0, 0.05) is 38.6 Å². The summed E-state index contributed by atoms with van der Waals surface area (Å²) < 4.78 is 18.3. The van der Waals surface area contributed by atoms with Crippen molar-refractivity contribution < 1.29 is 18.7 Å². The summed E-state index contributed by atoms with van der Waals surface area (Å²) in [6.07, 6.45) is 5.30. The SMILES string of the molecule is COCCN1C(=O)[C@H]2CCCN2c2nc(CCc3ccc(CC(=O)c4ccc(F)cc4)cc3)ncc21. The van der Waals surface area contributed by atoms with Crippen LogP contribution in [0.15, 0.2) is 54.7 Å². The molecule has 0 unspecified atom stereocenters. The fourth-order valence-corrected chi connectivity index (χ4v) is 4.92. The maximum absolute atomic E-state index is 13.1. The predicted molar refractivity (Wildman–Crippen MR) is 135 cm³/mol. The first-order valence-electron chi connectivity index (χ1n) is 12.3. The molecule has 0 bridgehead atoms. The van der Waals surface area contributed by atoms with E-state index in [1.165, 1.54) is 24.3 Å². The highest BCUT2D eigenvalue weighted by Crippen LogP contribution is 2.38. The molecule has 0 spiro atoms. The van der Waals surface area contributed by atoms with Crippen LogP contribution in [0.3, 0.4) is 0 Å². The standard InChI is InChI=1S/C28H29FN4O3/c1-36-16-15-33-24-18-30-26(31-27(24)32-14-2-3-23(32)28(33)35)13-8-19-4-6-20(7-5-19)17-25(34)21-9-11-22(29)12-10-21/h4-7,9-12,18,23H,2-3,8,13-17H2,1H3/t23-/m1/s1. The Labute approximate surface area is 209 Å². The number of amides is 1. The lowest BCUT2D eigenvalue weighted by Gasteiger charge is -2.38. The van der Waals surface area contributed by atoms with Crippen molar-refractivity contribution in [3.8, 4) is 0 Å². The molecule has 1 saturated heterocycles. The van der Waals surface area contributed by atoms with E-state index in [-0.39, 0.29) is 30.0 Å². The predicted octanol–water partition coefficient (Wildman–Crippen LogP) is 3.79. The van der Waals surface area contributed by atoms with Gasteiger partial charge in [-0.05, 0) is 54.7 Å². The molecule has 1 amide bonds. The normalized spacial score (nSPS) is 16.7. The molecule has 2 aliphatic heterocycles. The van der Waals surface area contributed by atoms with Gasteiger partial charge in [-0.25, -0.2) is 14.4 Å². The van der Waals surface area contributed by atoms with Crippen LogP contribution >= 0.6 is 0 Å². The molecule has 3 heterocycles. The van der Waals surface area contributed by atoms with E-state index in [0.717, 1.165) is 54.3 Å². The van der Waals surface area contributed by atoms with Gasteiger partial charge < -0.3 is 14.5 Å². The number of methoxy groups -OCH3 is 1. The van der Waals surface area contributed by atoms with E-state index >= 15 is 0 Å². The summed E-state index contributed by atoms with van der Waals surface area (Å²) in [6.45, 7) is 1.78. The van der Waals surface area contributed by atoms with Gasteiger partial charge in [-0.2, -0.15) is 0 Å². The number of aryl methyl sites for hydroxylation is 2. The van der Waals surface area contributed by atoms with Gasteiger partial charge in [0.25, 0.3) is 0 Å². The van der Waals surface area contributed by atoms with E-state index in [2.05, 4.69) is 9.88 Å². The number of nitrogens with zero attached hydrogens (tertiary/aromatic N) is 4. The zero-order valence-electron chi connectivity index (χ0n) is 20.3. The molecule has 186 valence electrons. The Morgan fingerprint density at radius 1 is 1.08 bits per heavy atom. The minimum Gasteiger partial charge on any atom is -0.383 e. The molecule has 0 saturated carbocycles. The molecule has 5 rings (SSSR count). The Balaban J connectivity index is 1.24. The van der Waals surface area contributed by atoms with Gasteiger partial charge in [0.1, 0.15) is 23.4 Å². The van der Waals surface area contributed by atoms with Crippen LogP contribution in [0.4, 0.5) is 15.9 Å². The third-order valence-electron chi connectivity index (χ3n) is 6.88. The monoisotopic (exact) mass is 488 g/mol. The van der Waals surface area contributed by atoms with E-state index in [4.69, 9.17) is 9.72 Å². The van der Waals surface area contributed by atoms with E-state index in [0.29, 0.717) is 25.1 Å². The number of rotatable bonds is 9. The highest BCUT2D eigenvalue weighted by molar-refractivity contribution is 6.05. The van der Waals surface area contributed by atoms with Crippen LogP contribution in [-0.4, -0.2) is 54.5 Å². The number of carbonyl (C=O) groups is 2. The van der Waals surface area contributed by atoms with Gasteiger partial charge in [-0.15, -0.1) is 0 Å². The average molecular weight is 489 g/mol. The van der Waals surface area contributed by atoms with Crippen LogP contribution in [-0.2, 0) is 28.8 Å². The third kappa shape index (κ3) is 4.99. The molecule has 0 N–H and O–H groups in total. The fraction of sp³-hybridized carbons (Fsp3) is 0.357. The lowest BCUT2D eigenvalue weighted by molar-refractivity contribution is -0.120. The fourth-order valence-electron chi connectivity index (χ4n) is 4.92. The molecule has 1 aromatic heterocycles. The summed E-state index contributed by atoms with van der Waals surface area (Å²) in [4.78, 5) is 38.8. The van der Waals surface area contributed by atoms with Crippen molar-refractivity contribution >= 4 is 23.2 Å². The zero-order chi connectivity index (χ0) is 25.1. The van der Waals surface area contributed by atoms with Crippen molar-refractivity contribution in [2.75, 3.05) is 36.6 Å². The van der Waals surface area contributed by atoms with Crippen molar-refractivity contribution in [2.24, 2.45) is 0 Å². The highest BCUT2D eigenvalue weighted by atomic mass is 19.1. The van der Waals surface area contributed by atoms with E-state index in [1.807, 2.05) is 24.3 Å².